The van der Waals surface area contributed by atoms with Gasteiger partial charge in [0, 0.05) is 11.6 Å². The zero-order valence-electron chi connectivity index (χ0n) is 11.5. The minimum atomic E-state index is -0.409. The van der Waals surface area contributed by atoms with Gasteiger partial charge in [0.05, 0.1) is 16.6 Å². The monoisotopic (exact) mass is 300 g/mol. The fourth-order valence-corrected chi connectivity index (χ4v) is 2.84. The van der Waals surface area contributed by atoms with E-state index >= 15 is 0 Å². The first-order chi connectivity index (χ1) is 10.2. The van der Waals surface area contributed by atoms with Crippen LogP contribution in [0, 0.1) is 5.82 Å². The Morgan fingerprint density at radius 3 is 2.62 bits per heavy atom. The summed E-state index contributed by atoms with van der Waals surface area (Å²) in [4.78, 5) is 4.36. The number of rotatable bonds is 3. The van der Waals surface area contributed by atoms with Crippen molar-refractivity contribution in [2.75, 3.05) is 7.05 Å². The van der Waals surface area contributed by atoms with Crippen LogP contribution >= 0.6 is 11.6 Å². The Kier molecular flexibility index (Phi) is 3.86. The van der Waals surface area contributed by atoms with Crippen LogP contribution in [0.4, 0.5) is 4.39 Å². The van der Waals surface area contributed by atoms with Crippen LogP contribution in [-0.2, 0) is 0 Å². The summed E-state index contributed by atoms with van der Waals surface area (Å²) >= 11 is 6.14. The number of nitrogens with one attached hydrogen (secondary N) is 1. The first-order valence-electron chi connectivity index (χ1n) is 6.67. The maximum absolute atomic E-state index is 13.7. The number of aromatic nitrogens is 1. The molecular weight excluding hydrogens is 287 g/mol. The molecule has 1 heterocycles. The molecule has 3 rings (SSSR count). The third kappa shape index (κ3) is 2.50. The van der Waals surface area contributed by atoms with E-state index in [1.165, 1.54) is 6.07 Å². The van der Waals surface area contributed by atoms with Crippen LogP contribution in [-0.4, -0.2) is 12.0 Å². The van der Waals surface area contributed by atoms with E-state index in [2.05, 4.69) is 10.3 Å². The minimum absolute atomic E-state index is 0.151. The summed E-state index contributed by atoms with van der Waals surface area (Å²) in [6, 6.07) is 14.5. The Bertz CT molecular complexity index is 783. The quantitative estimate of drug-likeness (QED) is 0.778. The second kappa shape index (κ2) is 5.80. The van der Waals surface area contributed by atoms with Crippen molar-refractivity contribution in [2.24, 2.45) is 0 Å². The van der Waals surface area contributed by atoms with Crippen LogP contribution in [0.1, 0.15) is 17.2 Å². The highest BCUT2D eigenvalue weighted by Gasteiger charge is 2.19. The lowest BCUT2D eigenvalue weighted by Crippen LogP contribution is -2.18. The minimum Gasteiger partial charge on any atom is -0.309 e. The van der Waals surface area contributed by atoms with Crippen molar-refractivity contribution >= 4 is 22.5 Å². The van der Waals surface area contributed by atoms with Gasteiger partial charge in [0.2, 0.25) is 0 Å². The van der Waals surface area contributed by atoms with E-state index in [1.807, 2.05) is 43.4 Å². The van der Waals surface area contributed by atoms with Crippen molar-refractivity contribution in [3.05, 3.63) is 76.7 Å². The van der Waals surface area contributed by atoms with Crippen LogP contribution in [0.5, 0.6) is 0 Å². The highest BCUT2D eigenvalue weighted by atomic mass is 35.5. The summed E-state index contributed by atoms with van der Waals surface area (Å²) in [6.45, 7) is 0. The average molecular weight is 301 g/mol. The normalized spacial score (nSPS) is 12.5. The van der Waals surface area contributed by atoms with Gasteiger partial charge < -0.3 is 5.32 Å². The van der Waals surface area contributed by atoms with Crippen molar-refractivity contribution < 1.29 is 4.39 Å². The number of hydrogen-bond donors (Lipinski definition) is 1. The maximum atomic E-state index is 13.7. The topological polar surface area (TPSA) is 24.9 Å². The summed E-state index contributed by atoms with van der Waals surface area (Å²) in [6.07, 6.45) is 1.76. The lowest BCUT2D eigenvalue weighted by molar-refractivity contribution is 0.618. The van der Waals surface area contributed by atoms with E-state index in [4.69, 9.17) is 11.6 Å². The zero-order chi connectivity index (χ0) is 14.8. The van der Waals surface area contributed by atoms with Gasteiger partial charge in [0.1, 0.15) is 5.82 Å². The molecule has 106 valence electrons. The van der Waals surface area contributed by atoms with Gasteiger partial charge >= 0.3 is 0 Å². The summed E-state index contributed by atoms with van der Waals surface area (Å²) in [5.74, 6) is -0.409. The van der Waals surface area contributed by atoms with Crippen molar-refractivity contribution in [3.8, 4) is 0 Å². The first kappa shape index (κ1) is 14.0. The Hall–Kier alpha value is -1.97. The molecule has 0 amide bonds. The first-order valence-corrected chi connectivity index (χ1v) is 7.05. The average Bonchev–Trinajstić information content (AvgIpc) is 2.52. The lowest BCUT2D eigenvalue weighted by Gasteiger charge is -2.20. The molecule has 0 aliphatic heterocycles. The highest BCUT2D eigenvalue weighted by molar-refractivity contribution is 6.31. The van der Waals surface area contributed by atoms with E-state index in [1.54, 1.807) is 12.3 Å². The number of fused-ring (bicyclic) bond motifs is 1. The SMILES string of the molecule is CNC(c1cccc(F)c1Cl)c1cccc2ncccc12. The van der Waals surface area contributed by atoms with Gasteiger partial charge in [-0.15, -0.1) is 0 Å². The van der Waals surface area contributed by atoms with Gasteiger partial charge in [0.25, 0.3) is 0 Å². The van der Waals surface area contributed by atoms with Crippen LogP contribution in [0.15, 0.2) is 54.7 Å². The Balaban J connectivity index is 2.21. The molecule has 3 aromatic rings. The Morgan fingerprint density at radius 1 is 1.05 bits per heavy atom. The lowest BCUT2D eigenvalue weighted by atomic mass is 9.95. The molecule has 1 unspecified atom stereocenters. The second-order valence-corrected chi connectivity index (χ2v) is 5.16. The molecule has 0 aliphatic rings. The molecule has 0 radical (unpaired) electrons. The second-order valence-electron chi connectivity index (χ2n) is 4.78. The van der Waals surface area contributed by atoms with Crippen LogP contribution in [0.3, 0.4) is 0 Å². The smallest absolute Gasteiger partial charge is 0.142 e. The van der Waals surface area contributed by atoms with Gasteiger partial charge in [-0.3, -0.25) is 4.98 Å². The largest absolute Gasteiger partial charge is 0.309 e. The van der Waals surface area contributed by atoms with E-state index in [0.29, 0.717) is 0 Å². The van der Waals surface area contributed by atoms with Gasteiger partial charge in [-0.25, -0.2) is 4.39 Å². The third-order valence-corrected chi connectivity index (χ3v) is 3.97. The molecular formula is C17H14ClFN2. The van der Waals surface area contributed by atoms with Gasteiger partial charge in [-0.1, -0.05) is 41.9 Å². The number of hydrogen-bond acceptors (Lipinski definition) is 2. The molecule has 2 nitrogen and oxygen atoms in total. The van der Waals surface area contributed by atoms with Crippen LogP contribution in [0.2, 0.25) is 5.02 Å². The summed E-state index contributed by atoms with van der Waals surface area (Å²) in [5, 5.41) is 4.39. The summed E-state index contributed by atoms with van der Waals surface area (Å²) < 4.78 is 13.7. The molecule has 1 aromatic heterocycles. The maximum Gasteiger partial charge on any atom is 0.142 e. The summed E-state index contributed by atoms with van der Waals surface area (Å²) in [7, 11) is 1.83. The molecule has 1 N–H and O–H groups in total. The Labute approximate surface area is 127 Å². The molecule has 0 bridgehead atoms. The highest BCUT2D eigenvalue weighted by Crippen LogP contribution is 2.33. The molecule has 0 aliphatic carbocycles. The van der Waals surface area contributed by atoms with E-state index in [-0.39, 0.29) is 11.1 Å². The number of benzene rings is 2. The number of nitrogens with zero attached hydrogens (tertiary/aromatic N) is 1. The van der Waals surface area contributed by atoms with Crippen LogP contribution in [0.25, 0.3) is 10.9 Å². The molecule has 0 fully saturated rings. The van der Waals surface area contributed by atoms with E-state index in [0.717, 1.165) is 22.0 Å². The third-order valence-electron chi connectivity index (χ3n) is 3.57. The molecule has 0 saturated heterocycles. The molecule has 21 heavy (non-hydrogen) atoms. The zero-order valence-corrected chi connectivity index (χ0v) is 12.2. The van der Waals surface area contributed by atoms with Crippen molar-refractivity contribution in [3.63, 3.8) is 0 Å². The van der Waals surface area contributed by atoms with Crippen molar-refractivity contribution in [1.82, 2.24) is 10.3 Å². The Morgan fingerprint density at radius 2 is 1.81 bits per heavy atom. The fourth-order valence-electron chi connectivity index (χ4n) is 2.60. The number of pyridine rings is 1. The van der Waals surface area contributed by atoms with Gasteiger partial charge in [-0.2, -0.15) is 0 Å². The molecule has 1 atom stereocenters. The standard InChI is InChI=1S/C17H14ClFN2/c1-20-17(13-6-2-8-14(19)16(13)18)12-5-3-9-15-11(12)7-4-10-21-15/h2-10,17,20H,1H3. The molecule has 0 saturated carbocycles. The van der Waals surface area contributed by atoms with Gasteiger partial charge in [-0.05, 0) is 36.4 Å². The van der Waals surface area contributed by atoms with Crippen molar-refractivity contribution in [1.29, 1.82) is 0 Å². The van der Waals surface area contributed by atoms with Crippen LogP contribution < -0.4 is 5.32 Å². The molecule has 0 spiro atoms. The predicted octanol–water partition coefficient (Wildman–Crippen LogP) is 4.34. The van der Waals surface area contributed by atoms with Gasteiger partial charge in [0.15, 0.2) is 0 Å². The molecule has 2 aromatic carbocycles. The van der Waals surface area contributed by atoms with Crippen molar-refractivity contribution in [2.45, 2.75) is 6.04 Å². The van der Waals surface area contributed by atoms with E-state index < -0.39 is 5.82 Å². The number of halogens is 2. The fraction of sp³-hybridized carbons (Fsp3) is 0.118. The summed E-state index contributed by atoms with van der Waals surface area (Å²) in [5.41, 5.74) is 2.65. The predicted molar refractivity (Wildman–Crippen MR) is 84.1 cm³/mol. The molecule has 4 heteroatoms. The van der Waals surface area contributed by atoms with E-state index in [9.17, 15) is 4.39 Å².